The molecule has 2 heteroatoms. The van der Waals surface area contributed by atoms with Crippen molar-refractivity contribution in [3.05, 3.63) is 11.9 Å². The molecular weight excluding hydrogens is 141 g/mol. The van der Waals surface area contributed by atoms with E-state index in [1.165, 1.54) is 0 Å². The lowest BCUT2D eigenvalue weighted by atomic mass is 10.1. The molecule has 1 nitrogen and oxygen atoms in total. The van der Waals surface area contributed by atoms with Crippen molar-refractivity contribution in [3.63, 3.8) is 0 Å². The molecule has 0 aliphatic carbocycles. The molecule has 11 heavy (non-hydrogen) atoms. The van der Waals surface area contributed by atoms with Gasteiger partial charge in [-0.2, -0.15) is 5.26 Å². The van der Waals surface area contributed by atoms with E-state index >= 15 is 0 Å². The molecule has 0 aliphatic rings. The predicted octanol–water partition coefficient (Wildman–Crippen LogP) is 3.33. The summed E-state index contributed by atoms with van der Waals surface area (Å²) in [4.78, 5) is 0. The number of hydrogen-bond donors (Lipinski definition) is 0. The topological polar surface area (TPSA) is 23.8 Å². The van der Waals surface area contributed by atoms with E-state index < -0.39 is 0 Å². The molecule has 0 amide bonds. The fourth-order valence-corrected chi connectivity index (χ4v) is 0.863. The summed E-state index contributed by atoms with van der Waals surface area (Å²) >= 11 is 0. The van der Waals surface area contributed by atoms with E-state index in [0.29, 0.717) is 6.42 Å². The maximum absolute atomic E-state index is 12.5. The van der Waals surface area contributed by atoms with Gasteiger partial charge in [-0.1, -0.05) is 26.2 Å². The summed E-state index contributed by atoms with van der Waals surface area (Å²) in [7, 11) is 0. The van der Waals surface area contributed by atoms with Gasteiger partial charge in [0.25, 0.3) is 0 Å². The summed E-state index contributed by atoms with van der Waals surface area (Å²) in [5.74, 6) is -0.288. The van der Waals surface area contributed by atoms with Crippen LogP contribution in [0.3, 0.4) is 0 Å². The highest BCUT2D eigenvalue weighted by molar-refractivity contribution is 5.06. The fraction of sp³-hybridized carbons (Fsp3) is 0.667. The third-order valence-corrected chi connectivity index (χ3v) is 1.49. The molecule has 0 aliphatic heterocycles. The summed E-state index contributed by atoms with van der Waals surface area (Å²) < 4.78 is 12.5. The maximum Gasteiger partial charge on any atom is 0.110 e. The Hall–Kier alpha value is -0.840. The van der Waals surface area contributed by atoms with Crippen molar-refractivity contribution >= 4 is 0 Å². The molecule has 0 aromatic carbocycles. The van der Waals surface area contributed by atoms with Gasteiger partial charge in [-0.25, -0.2) is 4.39 Å². The van der Waals surface area contributed by atoms with E-state index in [2.05, 4.69) is 6.92 Å². The first-order valence-corrected chi connectivity index (χ1v) is 4.05. The average Bonchev–Trinajstić information content (AvgIpc) is 1.99. The number of nitrogens with zero attached hydrogens (tertiary/aromatic N) is 1. The molecule has 0 radical (unpaired) electrons. The summed E-state index contributed by atoms with van der Waals surface area (Å²) in [6.45, 7) is 2.11. The normalized spacial score (nSPS) is 11.2. The van der Waals surface area contributed by atoms with Crippen molar-refractivity contribution in [2.45, 2.75) is 39.0 Å². The van der Waals surface area contributed by atoms with Crippen molar-refractivity contribution in [2.75, 3.05) is 0 Å². The van der Waals surface area contributed by atoms with Crippen LogP contribution in [0, 0.1) is 11.3 Å². The largest absolute Gasteiger partial charge is 0.211 e. The van der Waals surface area contributed by atoms with E-state index in [1.807, 2.05) is 0 Å². The number of rotatable bonds is 5. The van der Waals surface area contributed by atoms with Gasteiger partial charge in [0.2, 0.25) is 0 Å². The van der Waals surface area contributed by atoms with E-state index in [4.69, 9.17) is 5.26 Å². The molecule has 0 aromatic rings. The quantitative estimate of drug-likeness (QED) is 0.441. The highest BCUT2D eigenvalue weighted by Gasteiger charge is 1.93. The minimum absolute atomic E-state index is 0.288. The predicted molar refractivity (Wildman–Crippen MR) is 43.6 cm³/mol. The van der Waals surface area contributed by atoms with Crippen LogP contribution in [0.2, 0.25) is 0 Å². The molecule has 0 fully saturated rings. The number of unbranched alkanes of at least 4 members (excludes halogenated alkanes) is 3. The molecule has 0 heterocycles. The standard InChI is InChI=1S/C9H14FN/c1-2-3-4-5-6-9(10)7-8-11/h7H,2-6H2,1H3/b9-7-. The highest BCUT2D eigenvalue weighted by atomic mass is 19.1. The van der Waals surface area contributed by atoms with Crippen molar-refractivity contribution < 1.29 is 4.39 Å². The molecule has 0 unspecified atom stereocenters. The first-order valence-electron chi connectivity index (χ1n) is 4.05. The van der Waals surface area contributed by atoms with Crippen LogP contribution in [0.1, 0.15) is 39.0 Å². The number of nitriles is 1. The van der Waals surface area contributed by atoms with Gasteiger partial charge in [0.15, 0.2) is 0 Å². The van der Waals surface area contributed by atoms with Gasteiger partial charge < -0.3 is 0 Å². The third kappa shape index (κ3) is 7.05. The fourth-order valence-electron chi connectivity index (χ4n) is 0.863. The van der Waals surface area contributed by atoms with Gasteiger partial charge in [0, 0.05) is 6.08 Å². The van der Waals surface area contributed by atoms with Crippen LogP contribution in [-0.4, -0.2) is 0 Å². The number of hydrogen-bond acceptors (Lipinski definition) is 1. The van der Waals surface area contributed by atoms with Crippen molar-refractivity contribution in [1.29, 1.82) is 5.26 Å². The minimum atomic E-state index is -0.288. The van der Waals surface area contributed by atoms with Crippen molar-refractivity contribution in [3.8, 4) is 6.07 Å². The van der Waals surface area contributed by atoms with Crippen LogP contribution >= 0.6 is 0 Å². The smallest absolute Gasteiger partial charge is 0.110 e. The summed E-state index contributed by atoms with van der Waals surface area (Å²) in [6.07, 6.45) is 5.63. The van der Waals surface area contributed by atoms with Crippen LogP contribution in [0.15, 0.2) is 11.9 Å². The lowest BCUT2D eigenvalue weighted by molar-refractivity contribution is 0.553. The van der Waals surface area contributed by atoms with Gasteiger partial charge in [0.05, 0.1) is 6.07 Å². The highest BCUT2D eigenvalue weighted by Crippen LogP contribution is 2.10. The zero-order valence-corrected chi connectivity index (χ0v) is 6.94. The Kier molecular flexibility index (Phi) is 6.71. The van der Waals surface area contributed by atoms with Crippen LogP contribution < -0.4 is 0 Å². The van der Waals surface area contributed by atoms with Gasteiger partial charge in [-0.15, -0.1) is 0 Å². The summed E-state index contributed by atoms with van der Waals surface area (Å²) in [5, 5.41) is 8.07. The lowest BCUT2D eigenvalue weighted by Crippen LogP contribution is -1.77. The first-order chi connectivity index (χ1) is 5.31. The zero-order chi connectivity index (χ0) is 8.53. The molecule has 62 valence electrons. The third-order valence-electron chi connectivity index (χ3n) is 1.49. The van der Waals surface area contributed by atoms with E-state index in [0.717, 1.165) is 31.8 Å². The molecule has 0 spiro atoms. The Balaban J connectivity index is 3.26. The zero-order valence-electron chi connectivity index (χ0n) is 6.94. The molecule has 0 rings (SSSR count). The maximum atomic E-state index is 12.5. The first kappa shape index (κ1) is 10.2. The van der Waals surface area contributed by atoms with Gasteiger partial charge >= 0.3 is 0 Å². The molecule has 0 saturated heterocycles. The monoisotopic (exact) mass is 155 g/mol. The minimum Gasteiger partial charge on any atom is -0.211 e. The van der Waals surface area contributed by atoms with Gasteiger partial charge in [0.1, 0.15) is 5.83 Å². The summed E-state index contributed by atoms with van der Waals surface area (Å²) in [6, 6.07) is 1.67. The van der Waals surface area contributed by atoms with E-state index in [1.54, 1.807) is 6.07 Å². The van der Waals surface area contributed by atoms with Crippen LogP contribution in [0.4, 0.5) is 4.39 Å². The SMILES string of the molecule is CCCCCC/C(F)=C/C#N. The molecular formula is C9H14FN. The van der Waals surface area contributed by atoms with Crippen LogP contribution in [0.25, 0.3) is 0 Å². The Morgan fingerprint density at radius 2 is 2.18 bits per heavy atom. The van der Waals surface area contributed by atoms with Gasteiger partial charge in [-0.3, -0.25) is 0 Å². The average molecular weight is 155 g/mol. The second kappa shape index (κ2) is 7.27. The van der Waals surface area contributed by atoms with E-state index in [-0.39, 0.29) is 5.83 Å². The second-order valence-electron chi connectivity index (χ2n) is 2.53. The van der Waals surface area contributed by atoms with Crippen molar-refractivity contribution in [2.24, 2.45) is 0 Å². The lowest BCUT2D eigenvalue weighted by Gasteiger charge is -1.95. The van der Waals surface area contributed by atoms with Crippen LogP contribution in [-0.2, 0) is 0 Å². The Bertz CT molecular complexity index is 155. The molecule has 0 saturated carbocycles. The molecule has 0 bridgehead atoms. The molecule has 0 aromatic heterocycles. The molecule has 0 atom stereocenters. The van der Waals surface area contributed by atoms with Crippen molar-refractivity contribution in [1.82, 2.24) is 0 Å². The van der Waals surface area contributed by atoms with Crippen LogP contribution in [0.5, 0.6) is 0 Å². The summed E-state index contributed by atoms with van der Waals surface area (Å²) in [5.41, 5.74) is 0. The Labute approximate surface area is 67.5 Å². The number of halogens is 1. The Morgan fingerprint density at radius 1 is 1.45 bits per heavy atom. The molecule has 0 N–H and O–H groups in total. The number of allylic oxidation sites excluding steroid dienone is 2. The second-order valence-corrected chi connectivity index (χ2v) is 2.53. The van der Waals surface area contributed by atoms with E-state index in [9.17, 15) is 4.39 Å². The Morgan fingerprint density at radius 3 is 2.73 bits per heavy atom. The van der Waals surface area contributed by atoms with Gasteiger partial charge in [-0.05, 0) is 12.8 Å².